The first-order valence-corrected chi connectivity index (χ1v) is 18.3. The van der Waals surface area contributed by atoms with Crippen molar-refractivity contribution in [3.63, 3.8) is 0 Å². The molecule has 0 saturated carbocycles. The Morgan fingerprint density at radius 3 is 2.00 bits per heavy atom. The van der Waals surface area contributed by atoms with E-state index in [-0.39, 0.29) is 47.6 Å². The number of methoxy groups -OCH3 is 1. The van der Waals surface area contributed by atoms with E-state index in [0.29, 0.717) is 30.9 Å². The van der Waals surface area contributed by atoms with Gasteiger partial charge in [-0.15, -0.1) is 0 Å². The van der Waals surface area contributed by atoms with Gasteiger partial charge < -0.3 is 30.5 Å². The monoisotopic (exact) mass is 751 g/mol. The van der Waals surface area contributed by atoms with Crippen molar-refractivity contribution in [3.8, 4) is 5.88 Å². The third-order valence-electron chi connectivity index (χ3n) is 9.39. The van der Waals surface area contributed by atoms with Crippen LogP contribution in [0.1, 0.15) is 87.4 Å². The molecule has 4 aromatic rings. The second kappa shape index (κ2) is 20.4. The molecule has 0 atom stereocenters. The van der Waals surface area contributed by atoms with Crippen LogP contribution in [0.3, 0.4) is 0 Å². The molecule has 4 N–H and O–H groups in total. The highest BCUT2D eigenvalue weighted by atomic mass is 16.5. The Labute approximate surface area is 321 Å². The van der Waals surface area contributed by atoms with Gasteiger partial charge in [-0.2, -0.15) is 0 Å². The summed E-state index contributed by atoms with van der Waals surface area (Å²) in [6.45, 7) is 5.74. The van der Waals surface area contributed by atoms with Gasteiger partial charge in [-0.05, 0) is 84.8 Å². The Balaban J connectivity index is 1.42. The lowest BCUT2D eigenvalue weighted by molar-refractivity contribution is -0.140. The maximum atomic E-state index is 13.6. The van der Waals surface area contributed by atoms with Crippen molar-refractivity contribution in [1.29, 1.82) is 0 Å². The molecule has 0 radical (unpaired) electrons. The van der Waals surface area contributed by atoms with E-state index in [1.807, 2.05) is 18.2 Å². The molecule has 13 nitrogen and oxygen atoms in total. The number of rotatable bonds is 20. The summed E-state index contributed by atoms with van der Waals surface area (Å²) in [5, 5.41) is 23.7. The van der Waals surface area contributed by atoms with Gasteiger partial charge in [0.2, 0.25) is 11.8 Å². The van der Waals surface area contributed by atoms with Crippen LogP contribution in [0.15, 0.2) is 84.9 Å². The van der Waals surface area contributed by atoms with E-state index in [4.69, 9.17) is 14.9 Å². The van der Waals surface area contributed by atoms with Crippen molar-refractivity contribution < 1.29 is 38.9 Å². The number of hydrogen-bond donors (Lipinski definition) is 4. The highest BCUT2D eigenvalue weighted by molar-refractivity contribution is 6.11. The van der Waals surface area contributed by atoms with Crippen LogP contribution in [0.25, 0.3) is 0 Å². The number of carboxylic acids is 2. The zero-order chi connectivity index (χ0) is 39.9. The maximum Gasteiger partial charge on any atom is 0.335 e. The Kier molecular flexibility index (Phi) is 15.5. The van der Waals surface area contributed by atoms with E-state index in [0.717, 1.165) is 42.4 Å². The molecule has 0 aliphatic heterocycles. The number of ether oxygens (including phenoxy) is 1. The minimum Gasteiger partial charge on any atom is -0.481 e. The van der Waals surface area contributed by atoms with E-state index in [9.17, 15) is 24.0 Å². The van der Waals surface area contributed by atoms with Crippen molar-refractivity contribution >= 4 is 41.0 Å². The van der Waals surface area contributed by atoms with Crippen molar-refractivity contribution in [3.05, 3.63) is 118 Å². The number of carbonyl (C=O) groups is 5. The predicted molar refractivity (Wildman–Crippen MR) is 210 cm³/mol. The summed E-state index contributed by atoms with van der Waals surface area (Å²) in [6.07, 6.45) is 2.96. The van der Waals surface area contributed by atoms with Crippen LogP contribution in [0.4, 0.5) is 11.4 Å². The second-order valence-corrected chi connectivity index (χ2v) is 13.2. The first-order valence-electron chi connectivity index (χ1n) is 18.3. The van der Waals surface area contributed by atoms with Crippen LogP contribution in [0.2, 0.25) is 0 Å². The summed E-state index contributed by atoms with van der Waals surface area (Å²) in [5.74, 6) is -2.96. The topological polar surface area (TPSA) is 178 Å². The zero-order valence-corrected chi connectivity index (χ0v) is 31.7. The fraction of sp³-hybridized carbons (Fsp3) is 0.333. The van der Waals surface area contributed by atoms with Gasteiger partial charge in [0.05, 0.1) is 24.8 Å². The first-order chi connectivity index (χ1) is 26.4. The predicted octanol–water partition coefficient (Wildman–Crippen LogP) is 6.39. The number of aromatic carboxylic acids is 1. The molecule has 13 heteroatoms. The molecule has 0 aliphatic carbocycles. The molecular formula is C42H49N5O8. The van der Waals surface area contributed by atoms with Gasteiger partial charge in [0.1, 0.15) is 0 Å². The van der Waals surface area contributed by atoms with Gasteiger partial charge in [0.15, 0.2) is 5.69 Å². The molecule has 0 fully saturated rings. The van der Waals surface area contributed by atoms with E-state index in [1.54, 1.807) is 78.7 Å². The molecule has 55 heavy (non-hydrogen) atoms. The van der Waals surface area contributed by atoms with E-state index < -0.39 is 23.8 Å². The highest BCUT2D eigenvalue weighted by Gasteiger charge is 2.21. The van der Waals surface area contributed by atoms with E-state index >= 15 is 0 Å². The Hall–Kier alpha value is -6.08. The molecular weight excluding hydrogens is 702 g/mol. The van der Waals surface area contributed by atoms with E-state index in [1.165, 1.54) is 7.11 Å². The largest absolute Gasteiger partial charge is 0.481 e. The number of likely N-dealkylation sites (N-methyl/N-ethyl adjacent to an activating group) is 1. The number of aliphatic carboxylic acids is 1. The molecule has 0 aliphatic rings. The number of benzene rings is 3. The third-order valence-corrected chi connectivity index (χ3v) is 9.39. The molecule has 1 aromatic heterocycles. The summed E-state index contributed by atoms with van der Waals surface area (Å²) in [4.78, 5) is 69.8. The summed E-state index contributed by atoms with van der Waals surface area (Å²) < 4.78 is 5.27. The molecule has 0 unspecified atom stereocenters. The number of carbonyl (C=O) groups excluding carboxylic acids is 3. The average Bonchev–Trinajstić information content (AvgIpc) is 3.19. The standard InChI is InChI=1S/C42H49N5O8/c1-5-34(6-2)47(25-24-46(3)37(48)22-23-38(49)50)27-30-8-7-9-32(26-30)40(51)44-35-20-21-36(55-4)45-39(35)41(52)43-33-18-14-29(15-19-33)11-10-28-12-16-31(17-13-28)42(53)54/h7-9,12-21,26,34H,5-6,10-11,22-25,27H2,1-4H3,(H,43,52)(H,44,51)(H,49,50)(H,53,54). The molecule has 4 rings (SSSR count). The smallest absolute Gasteiger partial charge is 0.335 e. The summed E-state index contributed by atoms with van der Waals surface area (Å²) in [5.41, 5.74) is 4.28. The van der Waals surface area contributed by atoms with Crippen LogP contribution in [0, 0.1) is 0 Å². The van der Waals surface area contributed by atoms with Crippen LogP contribution < -0.4 is 15.4 Å². The number of carboxylic acid groups (broad SMARTS) is 2. The Morgan fingerprint density at radius 1 is 0.745 bits per heavy atom. The highest BCUT2D eigenvalue weighted by Crippen LogP contribution is 2.22. The van der Waals surface area contributed by atoms with Crippen LogP contribution >= 0.6 is 0 Å². The number of anilines is 2. The van der Waals surface area contributed by atoms with Crippen molar-refractivity contribution in [2.24, 2.45) is 0 Å². The van der Waals surface area contributed by atoms with E-state index in [2.05, 4.69) is 34.4 Å². The van der Waals surface area contributed by atoms with Crippen molar-refractivity contribution in [2.75, 3.05) is 37.9 Å². The number of hydrogen-bond acceptors (Lipinski definition) is 8. The van der Waals surface area contributed by atoms with Crippen molar-refractivity contribution in [2.45, 2.75) is 65.0 Å². The molecule has 1 heterocycles. The second-order valence-electron chi connectivity index (χ2n) is 13.2. The lowest BCUT2D eigenvalue weighted by Crippen LogP contribution is -2.41. The summed E-state index contributed by atoms with van der Waals surface area (Å²) in [7, 11) is 3.11. The quantitative estimate of drug-likeness (QED) is 0.0791. The minimum atomic E-state index is -1.01. The SMILES string of the molecule is CCC(CC)N(CCN(C)C(=O)CCC(=O)O)Cc1cccc(C(=O)Nc2ccc(OC)nc2C(=O)Nc2ccc(CCc3ccc(C(=O)O)cc3)cc2)c1. The fourth-order valence-electron chi connectivity index (χ4n) is 6.12. The van der Waals surface area contributed by atoms with Crippen molar-refractivity contribution in [1.82, 2.24) is 14.8 Å². The zero-order valence-electron chi connectivity index (χ0n) is 31.7. The first kappa shape index (κ1) is 41.7. The molecule has 290 valence electrons. The normalized spacial score (nSPS) is 10.9. The summed E-state index contributed by atoms with van der Waals surface area (Å²) >= 11 is 0. The number of pyridine rings is 1. The number of amides is 3. The van der Waals surface area contributed by atoms with Gasteiger partial charge in [-0.1, -0.05) is 50.2 Å². The van der Waals surface area contributed by atoms with Crippen LogP contribution in [-0.4, -0.2) is 87.9 Å². The van der Waals surface area contributed by atoms with Crippen LogP contribution in [-0.2, 0) is 29.0 Å². The molecule has 3 aromatic carbocycles. The number of nitrogens with one attached hydrogen (secondary N) is 2. The average molecular weight is 752 g/mol. The fourth-order valence-corrected chi connectivity index (χ4v) is 6.12. The van der Waals surface area contributed by atoms with Crippen LogP contribution in [0.5, 0.6) is 5.88 Å². The Bertz CT molecular complexity index is 1940. The third kappa shape index (κ3) is 12.5. The lowest BCUT2D eigenvalue weighted by atomic mass is 10.0. The minimum absolute atomic E-state index is 0.0281. The maximum absolute atomic E-state index is 13.6. The van der Waals surface area contributed by atoms with Gasteiger partial charge in [-0.3, -0.25) is 24.1 Å². The van der Waals surface area contributed by atoms with Gasteiger partial charge in [0.25, 0.3) is 11.8 Å². The Morgan fingerprint density at radius 2 is 1.40 bits per heavy atom. The molecule has 3 amide bonds. The number of aromatic nitrogens is 1. The molecule has 0 spiro atoms. The molecule has 0 bridgehead atoms. The summed E-state index contributed by atoms with van der Waals surface area (Å²) in [6, 6.07) is 24.7. The number of nitrogens with zero attached hydrogens (tertiary/aromatic N) is 3. The van der Waals surface area contributed by atoms with Gasteiger partial charge in [0, 0.05) is 56.5 Å². The van der Waals surface area contributed by atoms with Gasteiger partial charge in [-0.25, -0.2) is 9.78 Å². The number of aryl methyl sites for hydroxylation is 2. The molecule has 0 saturated heterocycles. The van der Waals surface area contributed by atoms with Gasteiger partial charge >= 0.3 is 11.9 Å². The lowest BCUT2D eigenvalue weighted by Gasteiger charge is -2.32.